The van der Waals surface area contributed by atoms with Crippen LogP contribution in [0.1, 0.15) is 18.1 Å². The molecule has 0 aromatic heterocycles. The number of anilines is 1. The number of rotatable bonds is 3. The lowest BCUT2D eigenvalue weighted by Crippen LogP contribution is -2.44. The van der Waals surface area contributed by atoms with Crippen molar-refractivity contribution in [1.82, 2.24) is 4.90 Å². The molecule has 0 unspecified atom stereocenters. The van der Waals surface area contributed by atoms with Gasteiger partial charge in [-0.3, -0.25) is 9.69 Å². The van der Waals surface area contributed by atoms with Crippen molar-refractivity contribution in [3.05, 3.63) is 63.6 Å². The van der Waals surface area contributed by atoms with Crippen molar-refractivity contribution in [2.24, 2.45) is 0 Å². The third-order valence-electron chi connectivity index (χ3n) is 4.30. The normalized spacial score (nSPS) is 15.8. The van der Waals surface area contributed by atoms with E-state index in [0.717, 1.165) is 19.5 Å². The highest BCUT2D eigenvalue weighted by Gasteiger charge is 2.25. The zero-order valence-electron chi connectivity index (χ0n) is 12.9. The summed E-state index contributed by atoms with van der Waals surface area (Å²) in [7, 11) is 0. The van der Waals surface area contributed by atoms with Gasteiger partial charge in [-0.2, -0.15) is 0 Å². The molecule has 1 atom stereocenters. The highest BCUT2D eigenvalue weighted by molar-refractivity contribution is 6.39. The molecular formula is C18H18Cl2N2O. The Morgan fingerprint density at radius 1 is 1.09 bits per heavy atom. The number of carbonyl (C=O) groups excluding carboxylic acids is 1. The summed E-state index contributed by atoms with van der Waals surface area (Å²) >= 11 is 12.2. The van der Waals surface area contributed by atoms with Crippen LogP contribution < -0.4 is 5.32 Å². The number of halogens is 2. The van der Waals surface area contributed by atoms with Crippen molar-refractivity contribution in [3.63, 3.8) is 0 Å². The summed E-state index contributed by atoms with van der Waals surface area (Å²) in [6.45, 7) is 3.55. The van der Waals surface area contributed by atoms with Gasteiger partial charge in [0.05, 0.1) is 21.8 Å². The Morgan fingerprint density at radius 3 is 2.43 bits per heavy atom. The van der Waals surface area contributed by atoms with Gasteiger partial charge in [-0.15, -0.1) is 0 Å². The lowest BCUT2D eigenvalue weighted by Gasteiger charge is -2.33. The highest BCUT2D eigenvalue weighted by Crippen LogP contribution is 2.30. The first kappa shape index (κ1) is 16.3. The summed E-state index contributed by atoms with van der Waals surface area (Å²) in [6, 6.07) is 13.3. The Hall–Kier alpha value is -1.55. The Labute approximate surface area is 146 Å². The number of nitrogens with zero attached hydrogens (tertiary/aromatic N) is 1. The van der Waals surface area contributed by atoms with E-state index in [2.05, 4.69) is 28.4 Å². The molecule has 2 aromatic rings. The fraction of sp³-hybridized carbons (Fsp3) is 0.278. The lowest BCUT2D eigenvalue weighted by atomic mass is 9.99. The molecule has 1 aliphatic rings. The van der Waals surface area contributed by atoms with Gasteiger partial charge >= 0.3 is 0 Å². The minimum absolute atomic E-state index is 0.0978. The van der Waals surface area contributed by atoms with Crippen LogP contribution in [0.15, 0.2) is 42.5 Å². The molecule has 1 heterocycles. The summed E-state index contributed by atoms with van der Waals surface area (Å²) in [4.78, 5) is 14.7. The molecule has 1 aliphatic heterocycles. The summed E-state index contributed by atoms with van der Waals surface area (Å²) in [5.74, 6) is -0.0978. The summed E-state index contributed by atoms with van der Waals surface area (Å²) < 4.78 is 0. The van der Waals surface area contributed by atoms with E-state index in [4.69, 9.17) is 23.2 Å². The standard InChI is InChI=1S/C18H18Cl2N2O/c1-12(18(23)21-17-15(19)7-4-8-16(17)20)22-10-9-13-5-2-3-6-14(13)11-22/h2-8,12H,9-11H2,1H3,(H,21,23)/t12-/m1/s1. The van der Waals surface area contributed by atoms with Crippen LogP contribution in [-0.2, 0) is 17.8 Å². The SMILES string of the molecule is C[C@H](C(=O)Nc1c(Cl)cccc1Cl)N1CCc2ccccc2C1. The smallest absolute Gasteiger partial charge is 0.241 e. The Bertz CT molecular complexity index is 712. The minimum atomic E-state index is -0.254. The average molecular weight is 349 g/mol. The van der Waals surface area contributed by atoms with Crippen LogP contribution in [0.4, 0.5) is 5.69 Å². The molecule has 2 aromatic carbocycles. The number of nitrogens with one attached hydrogen (secondary N) is 1. The van der Waals surface area contributed by atoms with Crippen molar-refractivity contribution in [3.8, 4) is 0 Å². The molecule has 0 spiro atoms. The van der Waals surface area contributed by atoms with E-state index in [1.54, 1.807) is 18.2 Å². The number of fused-ring (bicyclic) bond motifs is 1. The number of amides is 1. The van der Waals surface area contributed by atoms with Gasteiger partial charge in [-0.1, -0.05) is 53.5 Å². The molecule has 1 amide bonds. The predicted octanol–water partition coefficient (Wildman–Crippen LogP) is 4.38. The molecule has 0 radical (unpaired) electrons. The van der Waals surface area contributed by atoms with E-state index in [0.29, 0.717) is 15.7 Å². The number of hydrogen-bond donors (Lipinski definition) is 1. The van der Waals surface area contributed by atoms with E-state index in [-0.39, 0.29) is 11.9 Å². The first-order chi connectivity index (χ1) is 11.1. The molecular weight excluding hydrogens is 331 g/mol. The highest BCUT2D eigenvalue weighted by atomic mass is 35.5. The van der Waals surface area contributed by atoms with Crippen LogP contribution in [0.3, 0.4) is 0 Å². The second-order valence-electron chi connectivity index (χ2n) is 5.75. The molecule has 0 saturated heterocycles. The van der Waals surface area contributed by atoms with Gasteiger partial charge in [-0.05, 0) is 36.6 Å². The molecule has 0 bridgehead atoms. The molecule has 3 rings (SSSR count). The first-order valence-electron chi connectivity index (χ1n) is 7.62. The number of benzene rings is 2. The zero-order valence-corrected chi connectivity index (χ0v) is 14.4. The van der Waals surface area contributed by atoms with E-state index in [9.17, 15) is 4.79 Å². The largest absolute Gasteiger partial charge is 0.322 e. The molecule has 0 saturated carbocycles. The van der Waals surface area contributed by atoms with Crippen molar-refractivity contribution in [2.75, 3.05) is 11.9 Å². The molecule has 120 valence electrons. The average Bonchev–Trinajstić information content (AvgIpc) is 2.57. The van der Waals surface area contributed by atoms with Crippen LogP contribution in [0, 0.1) is 0 Å². The number of hydrogen-bond acceptors (Lipinski definition) is 2. The number of para-hydroxylation sites is 1. The van der Waals surface area contributed by atoms with Gasteiger partial charge in [0.15, 0.2) is 0 Å². The maximum absolute atomic E-state index is 12.6. The van der Waals surface area contributed by atoms with E-state index in [1.165, 1.54) is 11.1 Å². The van der Waals surface area contributed by atoms with Gasteiger partial charge in [-0.25, -0.2) is 0 Å². The van der Waals surface area contributed by atoms with Crippen molar-refractivity contribution >= 4 is 34.8 Å². The second-order valence-corrected chi connectivity index (χ2v) is 6.57. The van der Waals surface area contributed by atoms with Crippen LogP contribution in [-0.4, -0.2) is 23.4 Å². The predicted molar refractivity (Wildman–Crippen MR) is 95.1 cm³/mol. The quantitative estimate of drug-likeness (QED) is 0.892. The monoisotopic (exact) mass is 348 g/mol. The minimum Gasteiger partial charge on any atom is -0.322 e. The summed E-state index contributed by atoms with van der Waals surface area (Å²) in [5.41, 5.74) is 3.13. The van der Waals surface area contributed by atoms with Crippen LogP contribution >= 0.6 is 23.2 Å². The molecule has 3 nitrogen and oxygen atoms in total. The van der Waals surface area contributed by atoms with Gasteiger partial charge in [0, 0.05) is 13.1 Å². The third kappa shape index (κ3) is 3.52. The summed E-state index contributed by atoms with van der Waals surface area (Å²) in [6.07, 6.45) is 0.959. The third-order valence-corrected chi connectivity index (χ3v) is 4.93. The van der Waals surface area contributed by atoms with Crippen LogP contribution in [0.5, 0.6) is 0 Å². The summed E-state index contributed by atoms with van der Waals surface area (Å²) in [5, 5.41) is 3.75. The van der Waals surface area contributed by atoms with Crippen molar-refractivity contribution in [2.45, 2.75) is 25.9 Å². The Balaban J connectivity index is 1.71. The van der Waals surface area contributed by atoms with Crippen molar-refractivity contribution in [1.29, 1.82) is 0 Å². The fourth-order valence-corrected chi connectivity index (χ4v) is 3.35. The second kappa shape index (κ2) is 6.91. The maximum Gasteiger partial charge on any atom is 0.241 e. The van der Waals surface area contributed by atoms with Crippen LogP contribution in [0.2, 0.25) is 10.0 Å². The fourth-order valence-electron chi connectivity index (χ4n) is 2.86. The van der Waals surface area contributed by atoms with Crippen molar-refractivity contribution < 1.29 is 4.79 Å². The number of carbonyl (C=O) groups is 1. The van der Waals surface area contributed by atoms with E-state index >= 15 is 0 Å². The molecule has 5 heteroatoms. The Kier molecular flexibility index (Phi) is 4.90. The molecule has 0 fully saturated rings. The molecule has 23 heavy (non-hydrogen) atoms. The lowest BCUT2D eigenvalue weighted by molar-refractivity contribution is -0.121. The molecule has 0 aliphatic carbocycles. The van der Waals surface area contributed by atoms with Gasteiger partial charge in [0.1, 0.15) is 0 Å². The maximum atomic E-state index is 12.6. The zero-order chi connectivity index (χ0) is 16.4. The first-order valence-corrected chi connectivity index (χ1v) is 8.37. The topological polar surface area (TPSA) is 32.3 Å². The van der Waals surface area contributed by atoms with Gasteiger partial charge in [0.25, 0.3) is 0 Å². The molecule has 1 N–H and O–H groups in total. The van der Waals surface area contributed by atoms with E-state index < -0.39 is 0 Å². The van der Waals surface area contributed by atoms with Crippen LogP contribution in [0.25, 0.3) is 0 Å². The Morgan fingerprint density at radius 2 is 1.74 bits per heavy atom. The van der Waals surface area contributed by atoms with E-state index in [1.807, 2.05) is 13.0 Å². The van der Waals surface area contributed by atoms with Gasteiger partial charge < -0.3 is 5.32 Å². The van der Waals surface area contributed by atoms with Gasteiger partial charge in [0.2, 0.25) is 5.91 Å².